The summed E-state index contributed by atoms with van der Waals surface area (Å²) < 4.78 is 0. The number of rotatable bonds is 3. The summed E-state index contributed by atoms with van der Waals surface area (Å²) in [6.07, 6.45) is 0.889. The maximum atomic E-state index is 12.2. The maximum absolute atomic E-state index is 12.2. The van der Waals surface area contributed by atoms with Crippen molar-refractivity contribution in [1.82, 2.24) is 4.90 Å². The third-order valence-electron chi connectivity index (χ3n) is 3.75. The molecule has 0 aliphatic carbocycles. The molecule has 2 rings (SSSR count). The molecule has 1 aliphatic heterocycles. The Balaban J connectivity index is 1.98. The number of nitrogens with one attached hydrogen (secondary N) is 1. The second-order valence-corrected chi connectivity index (χ2v) is 5.40. The number of para-hydroxylation sites is 1. The van der Waals surface area contributed by atoms with Crippen molar-refractivity contribution in [2.75, 3.05) is 18.4 Å². The predicted molar refractivity (Wildman–Crippen MR) is 76.9 cm³/mol. The van der Waals surface area contributed by atoms with Crippen LogP contribution in [0.4, 0.5) is 10.5 Å². The number of benzene rings is 1. The smallest absolute Gasteiger partial charge is 0.321 e. The van der Waals surface area contributed by atoms with E-state index in [1.807, 2.05) is 32.0 Å². The molecule has 0 bridgehead atoms. The Morgan fingerprint density at radius 2 is 2.00 bits per heavy atom. The Hall–Kier alpha value is -2.04. The number of hydrogen-bond acceptors (Lipinski definition) is 2. The number of aryl methyl sites for hydroxylation is 2. The van der Waals surface area contributed by atoms with Gasteiger partial charge in [0, 0.05) is 25.2 Å². The molecule has 0 spiro atoms. The molecule has 108 valence electrons. The van der Waals surface area contributed by atoms with E-state index in [9.17, 15) is 9.59 Å². The number of carbonyl (C=O) groups is 2. The van der Waals surface area contributed by atoms with Crippen LogP contribution < -0.4 is 5.32 Å². The highest BCUT2D eigenvalue weighted by atomic mass is 16.4. The SMILES string of the molecule is Cc1cccc(C)c1NC(=O)N1CCC(CC(=O)O)C1. The van der Waals surface area contributed by atoms with Gasteiger partial charge < -0.3 is 15.3 Å². The van der Waals surface area contributed by atoms with E-state index in [1.165, 1.54) is 0 Å². The van der Waals surface area contributed by atoms with Gasteiger partial charge in [-0.25, -0.2) is 4.79 Å². The number of urea groups is 1. The van der Waals surface area contributed by atoms with Crippen molar-refractivity contribution in [1.29, 1.82) is 0 Å². The molecule has 0 aromatic heterocycles. The molecule has 1 saturated heterocycles. The third-order valence-corrected chi connectivity index (χ3v) is 3.75. The van der Waals surface area contributed by atoms with Crippen LogP contribution >= 0.6 is 0 Å². The third kappa shape index (κ3) is 3.29. The van der Waals surface area contributed by atoms with Gasteiger partial charge in [-0.15, -0.1) is 0 Å². The molecule has 20 heavy (non-hydrogen) atoms. The van der Waals surface area contributed by atoms with Crippen molar-refractivity contribution in [3.8, 4) is 0 Å². The highest BCUT2D eigenvalue weighted by Gasteiger charge is 2.28. The number of amides is 2. The molecule has 2 amide bonds. The number of anilines is 1. The lowest BCUT2D eigenvalue weighted by molar-refractivity contribution is -0.138. The Kier molecular flexibility index (Phi) is 4.27. The highest BCUT2D eigenvalue weighted by molar-refractivity contribution is 5.91. The fraction of sp³-hybridized carbons (Fsp3) is 0.467. The summed E-state index contributed by atoms with van der Waals surface area (Å²) in [4.78, 5) is 24.6. The number of likely N-dealkylation sites (tertiary alicyclic amines) is 1. The van der Waals surface area contributed by atoms with E-state index in [0.717, 1.165) is 23.2 Å². The predicted octanol–water partition coefficient (Wildman–Crippen LogP) is 2.63. The van der Waals surface area contributed by atoms with E-state index in [2.05, 4.69) is 5.32 Å². The Morgan fingerprint density at radius 3 is 2.60 bits per heavy atom. The molecule has 1 aliphatic rings. The minimum Gasteiger partial charge on any atom is -0.481 e. The van der Waals surface area contributed by atoms with Crippen LogP contribution in [0.1, 0.15) is 24.0 Å². The van der Waals surface area contributed by atoms with Crippen LogP contribution in [-0.4, -0.2) is 35.1 Å². The zero-order chi connectivity index (χ0) is 14.7. The first-order valence-corrected chi connectivity index (χ1v) is 6.81. The number of nitrogens with zero attached hydrogens (tertiary/aromatic N) is 1. The van der Waals surface area contributed by atoms with Gasteiger partial charge in [-0.3, -0.25) is 4.79 Å². The molecule has 0 radical (unpaired) electrons. The summed E-state index contributed by atoms with van der Waals surface area (Å²) in [5.74, 6) is -0.733. The molecule has 1 unspecified atom stereocenters. The molecule has 0 saturated carbocycles. The average Bonchev–Trinajstić information content (AvgIpc) is 2.81. The Labute approximate surface area is 118 Å². The van der Waals surface area contributed by atoms with Crippen molar-refractivity contribution >= 4 is 17.7 Å². The largest absolute Gasteiger partial charge is 0.481 e. The van der Waals surface area contributed by atoms with Gasteiger partial charge in [-0.05, 0) is 37.3 Å². The minimum absolute atomic E-state index is 0.0659. The number of carbonyl (C=O) groups excluding carboxylic acids is 1. The topological polar surface area (TPSA) is 69.6 Å². The van der Waals surface area contributed by atoms with Crippen LogP contribution in [0.25, 0.3) is 0 Å². The molecular weight excluding hydrogens is 256 g/mol. The molecule has 1 heterocycles. The lowest BCUT2D eigenvalue weighted by Crippen LogP contribution is -2.33. The molecule has 5 heteroatoms. The molecule has 2 N–H and O–H groups in total. The molecule has 5 nitrogen and oxygen atoms in total. The van der Waals surface area contributed by atoms with Crippen LogP contribution in [0.5, 0.6) is 0 Å². The van der Waals surface area contributed by atoms with E-state index in [4.69, 9.17) is 5.11 Å². The summed E-state index contributed by atoms with van der Waals surface area (Å²) in [5, 5.41) is 11.7. The van der Waals surface area contributed by atoms with Gasteiger partial charge >= 0.3 is 12.0 Å². The first-order valence-electron chi connectivity index (χ1n) is 6.81. The molecule has 1 fully saturated rings. The summed E-state index contributed by atoms with van der Waals surface area (Å²) in [7, 11) is 0. The first-order chi connectivity index (χ1) is 9.47. The zero-order valence-corrected chi connectivity index (χ0v) is 11.8. The number of carboxylic acids is 1. The normalized spacial score (nSPS) is 18.1. The van der Waals surface area contributed by atoms with Crippen LogP contribution in [0.15, 0.2) is 18.2 Å². The standard InChI is InChI=1S/C15H20N2O3/c1-10-4-3-5-11(2)14(10)16-15(20)17-7-6-12(9-17)8-13(18)19/h3-5,12H,6-9H2,1-2H3,(H,16,20)(H,18,19). The second-order valence-electron chi connectivity index (χ2n) is 5.40. The van der Waals surface area contributed by atoms with E-state index >= 15 is 0 Å². The first kappa shape index (κ1) is 14.4. The average molecular weight is 276 g/mol. The van der Waals surface area contributed by atoms with Gasteiger partial charge in [0.05, 0.1) is 0 Å². The number of carboxylic acid groups (broad SMARTS) is 1. The molecular formula is C15H20N2O3. The molecule has 1 aromatic rings. The number of hydrogen-bond donors (Lipinski definition) is 2. The van der Waals surface area contributed by atoms with Crippen LogP contribution in [0, 0.1) is 19.8 Å². The fourth-order valence-corrected chi connectivity index (χ4v) is 2.63. The van der Waals surface area contributed by atoms with Crippen molar-refractivity contribution in [3.63, 3.8) is 0 Å². The monoisotopic (exact) mass is 276 g/mol. The van der Waals surface area contributed by atoms with Gasteiger partial charge in [0.2, 0.25) is 0 Å². The van der Waals surface area contributed by atoms with Crippen molar-refractivity contribution in [2.45, 2.75) is 26.7 Å². The van der Waals surface area contributed by atoms with Gasteiger partial charge in [0.1, 0.15) is 0 Å². The minimum atomic E-state index is -0.799. The summed E-state index contributed by atoms with van der Waals surface area (Å²) in [5.41, 5.74) is 2.90. The zero-order valence-electron chi connectivity index (χ0n) is 11.8. The number of aliphatic carboxylic acids is 1. The summed E-state index contributed by atoms with van der Waals surface area (Å²) in [6.45, 7) is 5.05. The van der Waals surface area contributed by atoms with Gasteiger partial charge in [-0.1, -0.05) is 18.2 Å². The van der Waals surface area contributed by atoms with E-state index in [0.29, 0.717) is 13.1 Å². The van der Waals surface area contributed by atoms with Gasteiger partial charge in [-0.2, -0.15) is 0 Å². The van der Waals surface area contributed by atoms with Crippen molar-refractivity contribution < 1.29 is 14.7 Å². The second kappa shape index (κ2) is 5.94. The van der Waals surface area contributed by atoms with Crippen molar-refractivity contribution in [3.05, 3.63) is 29.3 Å². The van der Waals surface area contributed by atoms with E-state index in [-0.39, 0.29) is 18.4 Å². The molecule has 1 aromatic carbocycles. The van der Waals surface area contributed by atoms with Crippen LogP contribution in [-0.2, 0) is 4.79 Å². The summed E-state index contributed by atoms with van der Waals surface area (Å²) in [6, 6.07) is 5.73. The van der Waals surface area contributed by atoms with E-state index < -0.39 is 5.97 Å². The molecule has 1 atom stereocenters. The fourth-order valence-electron chi connectivity index (χ4n) is 2.63. The van der Waals surface area contributed by atoms with Crippen LogP contribution in [0.2, 0.25) is 0 Å². The summed E-state index contributed by atoms with van der Waals surface area (Å²) >= 11 is 0. The van der Waals surface area contributed by atoms with E-state index in [1.54, 1.807) is 4.90 Å². The Morgan fingerprint density at radius 1 is 1.35 bits per heavy atom. The van der Waals surface area contributed by atoms with Crippen molar-refractivity contribution in [2.24, 2.45) is 5.92 Å². The highest BCUT2D eigenvalue weighted by Crippen LogP contribution is 2.23. The van der Waals surface area contributed by atoms with Gasteiger partial charge in [0.15, 0.2) is 0 Å². The Bertz CT molecular complexity index is 508. The van der Waals surface area contributed by atoms with Gasteiger partial charge in [0.25, 0.3) is 0 Å². The quantitative estimate of drug-likeness (QED) is 0.891. The lowest BCUT2D eigenvalue weighted by Gasteiger charge is -2.19. The lowest BCUT2D eigenvalue weighted by atomic mass is 10.1. The van der Waals surface area contributed by atoms with Crippen LogP contribution in [0.3, 0.4) is 0 Å². The maximum Gasteiger partial charge on any atom is 0.321 e.